The quantitative estimate of drug-likeness (QED) is 0.342. The second-order valence-corrected chi connectivity index (χ2v) is 5.74. The number of rotatable bonds is 4. The van der Waals surface area contributed by atoms with Crippen molar-refractivity contribution >= 4 is 39.9 Å². The Kier molecular flexibility index (Phi) is 4.79. The van der Waals surface area contributed by atoms with E-state index in [1.54, 1.807) is 17.9 Å². The summed E-state index contributed by atoms with van der Waals surface area (Å²) in [6, 6.07) is 4.62. The summed E-state index contributed by atoms with van der Waals surface area (Å²) in [5, 5.41) is 11.2. The van der Waals surface area contributed by atoms with Gasteiger partial charge in [0.05, 0.1) is 11.5 Å². The zero-order valence-corrected chi connectivity index (χ0v) is 13.2. The van der Waals surface area contributed by atoms with E-state index < -0.39 is 11.0 Å². The van der Waals surface area contributed by atoms with Crippen LogP contribution < -0.4 is 4.90 Å². The highest BCUT2D eigenvalue weighted by Crippen LogP contribution is 2.34. The number of halogens is 1. The number of benzene rings is 1. The lowest BCUT2D eigenvalue weighted by molar-refractivity contribution is -0.384. The van der Waals surface area contributed by atoms with Crippen LogP contribution in [0, 0.1) is 13.7 Å². The van der Waals surface area contributed by atoms with Gasteiger partial charge in [0.2, 0.25) is 0 Å². The van der Waals surface area contributed by atoms with Crippen molar-refractivity contribution in [2.45, 2.75) is 25.8 Å². The van der Waals surface area contributed by atoms with Gasteiger partial charge in [-0.25, -0.2) is 4.79 Å². The fourth-order valence-corrected chi connectivity index (χ4v) is 2.90. The Hall–Kier alpha value is -1.38. The van der Waals surface area contributed by atoms with Crippen LogP contribution in [0.15, 0.2) is 18.2 Å². The molecule has 0 N–H and O–H groups in total. The van der Waals surface area contributed by atoms with Gasteiger partial charge in [-0.2, -0.15) is 0 Å². The molecule has 1 aliphatic rings. The molecule has 1 unspecified atom stereocenters. The van der Waals surface area contributed by atoms with Crippen LogP contribution in [0.1, 0.15) is 19.8 Å². The summed E-state index contributed by atoms with van der Waals surface area (Å²) in [5.74, 6) is -0.308. The summed E-state index contributed by atoms with van der Waals surface area (Å²) in [4.78, 5) is 24.5. The van der Waals surface area contributed by atoms with Crippen LogP contribution in [0.25, 0.3) is 0 Å². The molecule has 1 aliphatic heterocycles. The summed E-state index contributed by atoms with van der Waals surface area (Å²) in [6.07, 6.45) is 1.49. The largest absolute Gasteiger partial charge is 0.464 e. The molecule has 20 heavy (non-hydrogen) atoms. The number of hydrogen-bond acceptors (Lipinski definition) is 5. The fraction of sp³-hybridized carbons (Fsp3) is 0.462. The Labute approximate surface area is 130 Å². The summed E-state index contributed by atoms with van der Waals surface area (Å²) >= 11 is 2.04. The highest BCUT2D eigenvalue weighted by atomic mass is 127. The first kappa shape index (κ1) is 15.0. The third kappa shape index (κ3) is 3.02. The van der Waals surface area contributed by atoms with E-state index in [1.807, 2.05) is 28.7 Å². The molecule has 0 saturated carbocycles. The van der Waals surface area contributed by atoms with Crippen LogP contribution in [-0.2, 0) is 9.53 Å². The molecule has 0 spiro atoms. The van der Waals surface area contributed by atoms with Crippen LogP contribution in [0.3, 0.4) is 0 Å². The molecule has 108 valence electrons. The van der Waals surface area contributed by atoms with Gasteiger partial charge >= 0.3 is 5.97 Å². The minimum absolute atomic E-state index is 0.0353. The SMILES string of the molecule is CCOC(=O)C1CCCN1c1ccc(I)cc1[N+](=O)[O-]. The minimum Gasteiger partial charge on any atom is -0.464 e. The molecule has 0 bridgehead atoms. The van der Waals surface area contributed by atoms with E-state index in [4.69, 9.17) is 4.74 Å². The molecule has 1 atom stereocenters. The van der Waals surface area contributed by atoms with Crippen LogP contribution in [-0.4, -0.2) is 30.1 Å². The highest BCUT2D eigenvalue weighted by molar-refractivity contribution is 14.1. The zero-order valence-electron chi connectivity index (χ0n) is 11.0. The molecule has 0 aliphatic carbocycles. The van der Waals surface area contributed by atoms with Crippen molar-refractivity contribution in [2.24, 2.45) is 0 Å². The van der Waals surface area contributed by atoms with E-state index in [-0.39, 0.29) is 11.7 Å². The Morgan fingerprint density at radius 3 is 3.00 bits per heavy atom. The second-order valence-electron chi connectivity index (χ2n) is 4.49. The van der Waals surface area contributed by atoms with E-state index in [0.29, 0.717) is 25.3 Å². The Morgan fingerprint density at radius 2 is 2.35 bits per heavy atom. The van der Waals surface area contributed by atoms with Crippen molar-refractivity contribution in [3.05, 3.63) is 31.9 Å². The summed E-state index contributed by atoms with van der Waals surface area (Å²) in [6.45, 7) is 2.70. The third-order valence-electron chi connectivity index (χ3n) is 3.26. The van der Waals surface area contributed by atoms with E-state index in [9.17, 15) is 14.9 Å². The second kappa shape index (κ2) is 6.38. The van der Waals surface area contributed by atoms with Crippen LogP contribution in [0.4, 0.5) is 11.4 Å². The molecule has 2 rings (SSSR count). The lowest BCUT2D eigenvalue weighted by Gasteiger charge is -2.24. The maximum absolute atomic E-state index is 11.9. The van der Waals surface area contributed by atoms with Crippen molar-refractivity contribution < 1.29 is 14.5 Å². The zero-order chi connectivity index (χ0) is 14.7. The molecule has 6 nitrogen and oxygen atoms in total. The van der Waals surface area contributed by atoms with E-state index in [2.05, 4.69) is 0 Å². The summed E-state index contributed by atoms with van der Waals surface area (Å²) < 4.78 is 5.85. The number of nitro groups is 1. The summed E-state index contributed by atoms with van der Waals surface area (Å²) in [5.41, 5.74) is 0.527. The van der Waals surface area contributed by atoms with E-state index >= 15 is 0 Å². The highest BCUT2D eigenvalue weighted by Gasteiger charge is 2.35. The lowest BCUT2D eigenvalue weighted by Crippen LogP contribution is -2.37. The maximum atomic E-state index is 11.9. The molecule has 0 amide bonds. The monoisotopic (exact) mass is 390 g/mol. The topological polar surface area (TPSA) is 72.7 Å². The number of ether oxygens (including phenoxy) is 1. The molecule has 1 fully saturated rings. The predicted molar refractivity (Wildman–Crippen MR) is 82.8 cm³/mol. The first-order valence-electron chi connectivity index (χ1n) is 6.41. The van der Waals surface area contributed by atoms with Gasteiger partial charge < -0.3 is 9.64 Å². The van der Waals surface area contributed by atoms with Crippen molar-refractivity contribution in [3.8, 4) is 0 Å². The van der Waals surface area contributed by atoms with E-state index in [1.165, 1.54) is 6.07 Å². The van der Waals surface area contributed by atoms with Crippen LogP contribution in [0.5, 0.6) is 0 Å². The molecule has 1 saturated heterocycles. The molecule has 7 heteroatoms. The first-order chi connectivity index (χ1) is 9.54. The maximum Gasteiger partial charge on any atom is 0.328 e. The number of nitrogens with zero attached hydrogens (tertiary/aromatic N) is 2. The number of esters is 1. The minimum atomic E-state index is -0.422. The molecule has 1 aromatic carbocycles. The van der Waals surface area contributed by atoms with Crippen LogP contribution >= 0.6 is 22.6 Å². The van der Waals surface area contributed by atoms with Crippen LogP contribution in [0.2, 0.25) is 0 Å². The van der Waals surface area contributed by atoms with E-state index in [0.717, 1.165) is 9.99 Å². The molecular weight excluding hydrogens is 375 g/mol. The Morgan fingerprint density at radius 1 is 1.60 bits per heavy atom. The lowest BCUT2D eigenvalue weighted by atomic mass is 10.2. The number of hydrogen-bond donors (Lipinski definition) is 0. The summed E-state index contributed by atoms with van der Waals surface area (Å²) in [7, 11) is 0. The predicted octanol–water partition coefficient (Wildman–Crippen LogP) is 2.73. The van der Waals surface area contributed by atoms with Gasteiger partial charge in [0.1, 0.15) is 11.7 Å². The Bertz CT molecular complexity index is 535. The Balaban J connectivity index is 2.35. The van der Waals surface area contributed by atoms with Crippen molar-refractivity contribution in [1.82, 2.24) is 0 Å². The van der Waals surface area contributed by atoms with Gasteiger partial charge in [0.15, 0.2) is 0 Å². The average Bonchev–Trinajstić information content (AvgIpc) is 2.88. The average molecular weight is 390 g/mol. The molecule has 1 heterocycles. The van der Waals surface area contributed by atoms with Gasteiger partial charge in [-0.3, -0.25) is 10.1 Å². The standard InChI is InChI=1S/C13H15IN2O4/c1-2-20-13(17)11-4-3-7-15(11)10-6-5-9(14)8-12(10)16(18)19/h5-6,8,11H,2-4,7H2,1H3. The molecular formula is C13H15IN2O4. The van der Waals surface area contributed by atoms with Gasteiger partial charge in [-0.1, -0.05) is 0 Å². The van der Waals surface area contributed by atoms with Gasteiger partial charge in [-0.15, -0.1) is 0 Å². The fourth-order valence-electron chi connectivity index (χ4n) is 2.42. The first-order valence-corrected chi connectivity index (χ1v) is 7.49. The molecule has 0 aromatic heterocycles. The van der Waals surface area contributed by atoms with Crippen molar-refractivity contribution in [1.29, 1.82) is 0 Å². The van der Waals surface area contributed by atoms with Gasteiger partial charge in [0.25, 0.3) is 5.69 Å². The van der Waals surface area contributed by atoms with Crippen molar-refractivity contribution in [2.75, 3.05) is 18.1 Å². The number of carbonyl (C=O) groups is 1. The van der Waals surface area contributed by atoms with Gasteiger partial charge in [-0.05, 0) is 54.5 Å². The number of nitro benzene ring substituents is 1. The normalized spacial score (nSPS) is 18.1. The van der Waals surface area contributed by atoms with Gasteiger partial charge in [0, 0.05) is 16.2 Å². The molecule has 1 aromatic rings. The third-order valence-corrected chi connectivity index (χ3v) is 3.93. The molecule has 0 radical (unpaired) electrons. The number of carbonyl (C=O) groups excluding carboxylic acids is 1. The van der Waals surface area contributed by atoms with Crippen molar-refractivity contribution in [3.63, 3.8) is 0 Å². The number of anilines is 1. The smallest absolute Gasteiger partial charge is 0.328 e.